The van der Waals surface area contributed by atoms with Gasteiger partial charge in [-0.3, -0.25) is 24.2 Å². The van der Waals surface area contributed by atoms with Crippen molar-refractivity contribution in [3.63, 3.8) is 0 Å². The van der Waals surface area contributed by atoms with Gasteiger partial charge in [0.05, 0.1) is 11.6 Å². The first-order chi connectivity index (χ1) is 19.8. The first-order valence-corrected chi connectivity index (χ1v) is 14.7. The Morgan fingerprint density at radius 1 is 1.10 bits per heavy atom. The van der Waals surface area contributed by atoms with Gasteiger partial charge in [-0.05, 0) is 74.7 Å². The number of benzene rings is 1. The second-order valence-electron chi connectivity index (χ2n) is 13.3. The zero-order chi connectivity index (χ0) is 30.4. The number of likely N-dealkylation sites (N-methyl/N-ethyl adjacent to an activating group) is 1. The molecule has 42 heavy (non-hydrogen) atoms. The number of carbonyl (C=O) groups excluding carboxylic acids is 3. The minimum Gasteiger partial charge on any atom is -0.510 e. The molecule has 0 radical (unpaired) electrons. The lowest BCUT2D eigenvalue weighted by molar-refractivity contribution is -0.148. The van der Waals surface area contributed by atoms with E-state index in [1.54, 1.807) is 25.1 Å². The van der Waals surface area contributed by atoms with Gasteiger partial charge in [0, 0.05) is 50.9 Å². The summed E-state index contributed by atoms with van der Waals surface area (Å²) in [4.78, 5) is 45.7. The van der Waals surface area contributed by atoms with Gasteiger partial charge in [0.1, 0.15) is 22.8 Å². The molecule has 0 bridgehead atoms. The van der Waals surface area contributed by atoms with Crippen molar-refractivity contribution in [1.82, 2.24) is 9.80 Å². The normalized spacial score (nSPS) is 32.7. The number of Topliss-reactive ketones (excluding diaryl/α,β-unsaturated/α-hetero) is 2. The van der Waals surface area contributed by atoms with E-state index in [-0.39, 0.29) is 29.7 Å². The summed E-state index contributed by atoms with van der Waals surface area (Å²) in [5.41, 5.74) is 4.28. The van der Waals surface area contributed by atoms with Crippen molar-refractivity contribution in [1.29, 1.82) is 0 Å². The van der Waals surface area contributed by atoms with Crippen molar-refractivity contribution in [2.24, 2.45) is 29.4 Å². The molecule has 2 fully saturated rings. The molecule has 1 aliphatic heterocycles. The number of phenolic OH excluding ortho intramolecular Hbond substituents is 1. The number of fused-ring (bicyclic) bond motifs is 4. The summed E-state index contributed by atoms with van der Waals surface area (Å²) in [5.74, 6) is -5.00. The molecule has 1 saturated heterocycles. The molecule has 6 N–H and O–H groups in total. The van der Waals surface area contributed by atoms with Crippen LogP contribution in [0.15, 0.2) is 28.7 Å². The topological polar surface area (TPSA) is 168 Å². The number of aliphatic hydroxyl groups is 3. The highest BCUT2D eigenvalue weighted by molar-refractivity contribution is 6.24. The summed E-state index contributed by atoms with van der Waals surface area (Å²) in [6.07, 6.45) is 4.13. The fourth-order valence-corrected chi connectivity index (χ4v) is 8.75. The van der Waals surface area contributed by atoms with Crippen LogP contribution >= 0.6 is 0 Å². The van der Waals surface area contributed by atoms with Crippen molar-refractivity contribution in [2.75, 3.05) is 46.2 Å². The number of allylic oxidation sites excluding steroid dienone is 1. The molecule has 11 nitrogen and oxygen atoms in total. The summed E-state index contributed by atoms with van der Waals surface area (Å²) >= 11 is 0. The van der Waals surface area contributed by atoms with E-state index in [1.807, 2.05) is 19.0 Å². The number of amides is 1. The summed E-state index contributed by atoms with van der Waals surface area (Å²) in [6, 6.07) is 0.608. The maximum Gasteiger partial charge on any atom is 0.255 e. The van der Waals surface area contributed by atoms with Crippen LogP contribution in [0.3, 0.4) is 0 Å². The Morgan fingerprint density at radius 2 is 1.74 bits per heavy atom. The lowest BCUT2D eigenvalue weighted by Crippen LogP contribution is -2.63. The quantitative estimate of drug-likeness (QED) is 0.321. The number of ketones is 2. The number of aliphatic hydroxyl groups excluding tert-OH is 2. The second kappa shape index (κ2) is 9.82. The maximum absolute atomic E-state index is 14.1. The highest BCUT2D eigenvalue weighted by atomic mass is 16.3. The number of hydrogen-bond donors (Lipinski definition) is 5. The van der Waals surface area contributed by atoms with Crippen LogP contribution in [0, 0.1) is 23.7 Å². The Kier molecular flexibility index (Phi) is 6.71. The number of likely N-dealkylation sites (tertiary alicyclic amines) is 1. The van der Waals surface area contributed by atoms with Gasteiger partial charge in [-0.25, -0.2) is 0 Å². The number of aromatic hydroxyl groups is 1. The third kappa shape index (κ3) is 3.93. The average molecular weight is 581 g/mol. The van der Waals surface area contributed by atoms with Crippen LogP contribution in [0.1, 0.15) is 47.2 Å². The smallest absolute Gasteiger partial charge is 0.255 e. The van der Waals surface area contributed by atoms with Crippen LogP contribution in [-0.2, 0) is 22.6 Å². The van der Waals surface area contributed by atoms with E-state index in [4.69, 9.17) is 5.73 Å². The highest BCUT2D eigenvalue weighted by Gasteiger charge is 2.63. The summed E-state index contributed by atoms with van der Waals surface area (Å²) < 4.78 is 0. The first kappa shape index (κ1) is 28.7. The minimum atomic E-state index is -2.64. The second-order valence-corrected chi connectivity index (χ2v) is 13.3. The van der Waals surface area contributed by atoms with Crippen molar-refractivity contribution in [2.45, 2.75) is 50.3 Å². The number of nitrogens with zero attached hydrogens (tertiary/aromatic N) is 3. The third-order valence-corrected chi connectivity index (χ3v) is 10.4. The molecule has 5 aliphatic rings. The van der Waals surface area contributed by atoms with E-state index < -0.39 is 58.0 Å². The Morgan fingerprint density at radius 3 is 2.31 bits per heavy atom. The molecule has 0 spiro atoms. The number of rotatable bonds is 5. The van der Waals surface area contributed by atoms with Crippen LogP contribution in [0.5, 0.6) is 5.75 Å². The summed E-state index contributed by atoms with van der Waals surface area (Å²) in [7, 11) is 7.04. The molecule has 11 heteroatoms. The fourth-order valence-electron chi connectivity index (χ4n) is 8.75. The van der Waals surface area contributed by atoms with Crippen molar-refractivity contribution < 1.29 is 34.8 Å². The molecule has 0 aromatic heterocycles. The molecule has 1 amide bonds. The van der Waals surface area contributed by atoms with Gasteiger partial charge in [0.25, 0.3) is 5.91 Å². The first-order valence-electron chi connectivity index (χ1n) is 14.7. The van der Waals surface area contributed by atoms with Gasteiger partial charge in [0.2, 0.25) is 5.78 Å². The fraction of sp³-hybridized carbons (Fsp3) is 0.581. The van der Waals surface area contributed by atoms with E-state index in [1.165, 1.54) is 19.3 Å². The maximum atomic E-state index is 14.1. The minimum absolute atomic E-state index is 0.0431. The van der Waals surface area contributed by atoms with Gasteiger partial charge >= 0.3 is 0 Å². The zero-order valence-corrected chi connectivity index (χ0v) is 24.6. The number of nitrogens with two attached hydrogens (primary N) is 1. The van der Waals surface area contributed by atoms with E-state index in [0.717, 1.165) is 24.3 Å². The standard InChI is InChI=1S/C31H40N4O7/c1-33(2)24-17(13-35-11-14-6-5-7-15(14)12-35)10-20(36)22-18(24)8-16-9-19-25(34(3)4)27(38)23(30(32)41)29(40)31(19,42)28(39)21(16)26(22)37/h10,14-16,19,25,36,38-39,42H,5-9,11-13H2,1-4H3,(H2,32,41)/t14?,15?,16-,19-,25-,31-/m0/s1. The van der Waals surface area contributed by atoms with Crippen molar-refractivity contribution in [3.05, 3.63) is 45.4 Å². The summed E-state index contributed by atoms with van der Waals surface area (Å²) in [5, 5.41) is 45.5. The average Bonchev–Trinajstić information content (AvgIpc) is 3.47. The van der Waals surface area contributed by atoms with Crippen LogP contribution in [0.25, 0.3) is 0 Å². The van der Waals surface area contributed by atoms with Crippen LogP contribution in [0.2, 0.25) is 0 Å². The highest BCUT2D eigenvalue weighted by Crippen LogP contribution is 2.53. The Labute approximate surface area is 244 Å². The number of hydrogen-bond acceptors (Lipinski definition) is 10. The van der Waals surface area contributed by atoms with E-state index in [0.29, 0.717) is 23.9 Å². The number of carbonyl (C=O) groups is 3. The third-order valence-electron chi connectivity index (χ3n) is 10.4. The monoisotopic (exact) mass is 580 g/mol. The van der Waals surface area contributed by atoms with E-state index in [2.05, 4.69) is 4.90 Å². The SMILES string of the molecule is CN(C)c1c(CN2CC3CCCC3C2)cc(O)c2c1C[C@H]1C[C@H]3[C@H](N(C)C)C(O)=C(C(N)=O)C(=O)[C@@]3(O)C(O)=C1C2=O. The molecule has 2 unspecified atom stereocenters. The predicted octanol–water partition coefficient (Wildman–Crippen LogP) is 1.42. The van der Waals surface area contributed by atoms with Crippen LogP contribution < -0.4 is 10.6 Å². The van der Waals surface area contributed by atoms with Gasteiger partial charge in [-0.15, -0.1) is 0 Å². The van der Waals surface area contributed by atoms with E-state index >= 15 is 0 Å². The lowest BCUT2D eigenvalue weighted by Gasteiger charge is -2.50. The molecule has 1 aromatic rings. The Hall–Kier alpha value is -3.41. The lowest BCUT2D eigenvalue weighted by atomic mass is 9.58. The van der Waals surface area contributed by atoms with Gasteiger partial charge in [-0.1, -0.05) is 6.42 Å². The van der Waals surface area contributed by atoms with Crippen molar-refractivity contribution >= 4 is 23.2 Å². The molecular formula is C31H40N4O7. The van der Waals surface area contributed by atoms with Crippen LogP contribution in [0.4, 0.5) is 5.69 Å². The molecule has 1 aromatic carbocycles. The molecule has 6 atom stereocenters. The predicted molar refractivity (Wildman–Crippen MR) is 154 cm³/mol. The number of primary amides is 1. The van der Waals surface area contributed by atoms with Gasteiger partial charge in [0.15, 0.2) is 11.4 Å². The van der Waals surface area contributed by atoms with Gasteiger partial charge in [-0.2, -0.15) is 0 Å². The van der Waals surface area contributed by atoms with Gasteiger partial charge < -0.3 is 31.1 Å². The van der Waals surface area contributed by atoms with E-state index in [9.17, 15) is 34.8 Å². The molecule has 4 aliphatic carbocycles. The summed E-state index contributed by atoms with van der Waals surface area (Å²) in [6.45, 7) is 2.67. The Balaban J connectivity index is 1.45. The zero-order valence-electron chi connectivity index (χ0n) is 24.6. The largest absolute Gasteiger partial charge is 0.510 e. The molecule has 226 valence electrons. The number of phenols is 1. The van der Waals surface area contributed by atoms with Crippen LogP contribution in [-0.4, -0.2) is 101 Å². The Bertz CT molecular complexity index is 1450. The number of anilines is 1. The van der Waals surface area contributed by atoms with Crippen molar-refractivity contribution in [3.8, 4) is 5.75 Å². The molecule has 6 rings (SSSR count). The molecular weight excluding hydrogens is 540 g/mol. The molecule has 1 heterocycles. The molecule has 1 saturated carbocycles.